The van der Waals surface area contributed by atoms with Gasteiger partial charge in [0, 0.05) is 38.0 Å². The summed E-state index contributed by atoms with van der Waals surface area (Å²) in [7, 11) is -0.732. The Morgan fingerprint density at radius 2 is 1.85 bits per heavy atom. The van der Waals surface area contributed by atoms with Crippen LogP contribution in [0.4, 0.5) is 0 Å². The first kappa shape index (κ1) is 17.8. The number of aromatic nitrogens is 1. The molecule has 0 radical (unpaired) electrons. The highest BCUT2D eigenvalue weighted by molar-refractivity contribution is 9.10. The molecule has 0 aliphatic rings. The molecule has 0 aliphatic heterocycles. The van der Waals surface area contributed by atoms with E-state index in [4.69, 9.17) is 21.1 Å². The van der Waals surface area contributed by atoms with Crippen molar-refractivity contribution in [3.63, 3.8) is 0 Å². The van der Waals surface area contributed by atoms with E-state index in [0.717, 1.165) is 0 Å². The molecule has 0 spiro atoms. The van der Waals surface area contributed by atoms with Gasteiger partial charge in [-0.05, 0) is 22.0 Å². The lowest BCUT2D eigenvalue weighted by molar-refractivity contribution is 0.150. The van der Waals surface area contributed by atoms with Crippen molar-refractivity contribution in [2.24, 2.45) is 0 Å². The minimum Gasteiger partial charge on any atom is -0.383 e. The molecule has 0 amide bonds. The maximum Gasteiger partial charge on any atom is 0.246 e. The maximum atomic E-state index is 12.6. The molecule has 0 atom stereocenters. The maximum absolute atomic E-state index is 12.6. The summed E-state index contributed by atoms with van der Waals surface area (Å²) in [5.41, 5.74) is 0. The molecule has 0 bridgehead atoms. The van der Waals surface area contributed by atoms with Crippen molar-refractivity contribution < 1.29 is 17.9 Å². The first-order valence-corrected chi connectivity index (χ1v) is 8.33. The summed E-state index contributed by atoms with van der Waals surface area (Å²) < 4.78 is 36.8. The van der Waals surface area contributed by atoms with Crippen molar-refractivity contribution in [1.29, 1.82) is 0 Å². The summed E-state index contributed by atoms with van der Waals surface area (Å²) in [4.78, 5) is 3.80. The molecule has 0 unspecified atom stereocenters. The minimum atomic E-state index is -3.75. The fraction of sp³-hybridized carbons (Fsp3) is 0.545. The number of pyridine rings is 1. The van der Waals surface area contributed by atoms with E-state index in [9.17, 15) is 8.42 Å². The molecule has 114 valence electrons. The molecule has 1 rings (SSSR count). The first-order chi connectivity index (χ1) is 9.43. The highest BCUT2D eigenvalue weighted by Crippen LogP contribution is 2.25. The van der Waals surface area contributed by atoms with Crippen LogP contribution in [0.15, 0.2) is 21.6 Å². The molecule has 1 aromatic heterocycles. The zero-order valence-electron chi connectivity index (χ0n) is 11.2. The van der Waals surface area contributed by atoms with Gasteiger partial charge in [-0.1, -0.05) is 11.6 Å². The second-order valence-corrected chi connectivity index (χ2v) is 7.01. The van der Waals surface area contributed by atoms with Crippen LogP contribution in [0.5, 0.6) is 0 Å². The third kappa shape index (κ3) is 4.64. The molecule has 0 fully saturated rings. The van der Waals surface area contributed by atoms with Gasteiger partial charge in [0.1, 0.15) is 10.0 Å². The summed E-state index contributed by atoms with van der Waals surface area (Å²) in [5.74, 6) is 0. The second kappa shape index (κ2) is 8.26. The van der Waals surface area contributed by atoms with Gasteiger partial charge in [0.05, 0.1) is 13.2 Å². The largest absolute Gasteiger partial charge is 0.383 e. The Labute approximate surface area is 132 Å². The van der Waals surface area contributed by atoms with Crippen LogP contribution in [0.25, 0.3) is 0 Å². The number of rotatable bonds is 8. The van der Waals surface area contributed by atoms with Gasteiger partial charge in [-0.3, -0.25) is 0 Å². The van der Waals surface area contributed by atoms with Crippen LogP contribution in [-0.4, -0.2) is 58.2 Å². The van der Waals surface area contributed by atoms with Crippen LogP contribution in [0.1, 0.15) is 0 Å². The number of halogens is 2. The highest BCUT2D eigenvalue weighted by atomic mass is 79.9. The first-order valence-electron chi connectivity index (χ1n) is 5.72. The smallest absolute Gasteiger partial charge is 0.246 e. The zero-order valence-corrected chi connectivity index (χ0v) is 14.3. The quantitative estimate of drug-likeness (QED) is 0.636. The molecule has 0 aliphatic carbocycles. The van der Waals surface area contributed by atoms with E-state index in [1.54, 1.807) is 0 Å². The van der Waals surface area contributed by atoms with Crippen LogP contribution < -0.4 is 0 Å². The van der Waals surface area contributed by atoms with Gasteiger partial charge in [0.25, 0.3) is 0 Å². The Kier molecular flexibility index (Phi) is 7.35. The van der Waals surface area contributed by atoms with E-state index in [1.807, 2.05) is 0 Å². The van der Waals surface area contributed by atoms with E-state index in [1.165, 1.54) is 30.8 Å². The van der Waals surface area contributed by atoms with Crippen molar-refractivity contribution in [1.82, 2.24) is 9.29 Å². The number of nitrogens with zero attached hydrogens (tertiary/aromatic N) is 2. The molecular weight excluding hydrogens is 372 g/mol. The molecule has 0 saturated carbocycles. The second-order valence-electron chi connectivity index (χ2n) is 3.83. The van der Waals surface area contributed by atoms with E-state index < -0.39 is 10.0 Å². The molecular formula is C11H16BrClN2O4S. The Hall–Kier alpha value is -0.250. The third-order valence-corrected chi connectivity index (χ3v) is 5.24. The molecule has 9 heteroatoms. The number of sulfonamides is 1. The number of ether oxygens (including phenoxy) is 2. The molecule has 0 saturated heterocycles. The highest BCUT2D eigenvalue weighted by Gasteiger charge is 2.27. The zero-order chi connectivity index (χ0) is 15.2. The molecule has 20 heavy (non-hydrogen) atoms. The lowest BCUT2D eigenvalue weighted by Gasteiger charge is -2.21. The summed E-state index contributed by atoms with van der Waals surface area (Å²) >= 11 is 9.08. The molecule has 0 aromatic carbocycles. The molecule has 6 nitrogen and oxygen atoms in total. The summed E-state index contributed by atoms with van der Waals surface area (Å²) in [5, 5.41) is -0.0620. The van der Waals surface area contributed by atoms with E-state index in [2.05, 4.69) is 20.9 Å². The fourth-order valence-corrected chi connectivity index (χ4v) is 3.79. The SMILES string of the molecule is COCCN(CCOC)S(=O)(=O)c1cc(Br)cnc1Cl. The Morgan fingerprint density at radius 1 is 1.30 bits per heavy atom. The van der Waals surface area contributed by atoms with Gasteiger partial charge in [-0.2, -0.15) is 4.31 Å². The Morgan fingerprint density at radius 3 is 2.35 bits per heavy atom. The van der Waals surface area contributed by atoms with Crippen LogP contribution in [-0.2, 0) is 19.5 Å². The number of hydrogen-bond donors (Lipinski definition) is 0. The lowest BCUT2D eigenvalue weighted by Crippen LogP contribution is -2.36. The van der Waals surface area contributed by atoms with Gasteiger partial charge in [0.15, 0.2) is 0 Å². The topological polar surface area (TPSA) is 68.7 Å². The van der Waals surface area contributed by atoms with Crippen molar-refractivity contribution in [3.8, 4) is 0 Å². The van der Waals surface area contributed by atoms with Gasteiger partial charge in [-0.15, -0.1) is 0 Å². The van der Waals surface area contributed by atoms with Crippen LogP contribution in [0, 0.1) is 0 Å². The van der Waals surface area contributed by atoms with Crippen LogP contribution >= 0.6 is 27.5 Å². The average Bonchev–Trinajstić information content (AvgIpc) is 2.41. The van der Waals surface area contributed by atoms with Crippen molar-refractivity contribution in [2.45, 2.75) is 4.90 Å². The third-order valence-electron chi connectivity index (χ3n) is 2.48. The normalized spacial score (nSPS) is 12.1. The van der Waals surface area contributed by atoms with Gasteiger partial charge >= 0.3 is 0 Å². The van der Waals surface area contributed by atoms with E-state index >= 15 is 0 Å². The Bertz CT molecular complexity index is 533. The Balaban J connectivity index is 3.10. The summed E-state index contributed by atoms with van der Waals surface area (Å²) in [6, 6.07) is 1.43. The predicted octanol–water partition coefficient (Wildman–Crippen LogP) is 1.78. The number of hydrogen-bond acceptors (Lipinski definition) is 5. The predicted molar refractivity (Wildman–Crippen MR) is 79.5 cm³/mol. The van der Waals surface area contributed by atoms with Crippen LogP contribution in [0.2, 0.25) is 5.15 Å². The standard InChI is InChI=1S/C11H16BrClN2O4S/c1-18-5-3-15(4-6-19-2)20(16,17)10-7-9(12)8-14-11(10)13/h7-8H,3-6H2,1-2H3. The molecule has 0 N–H and O–H groups in total. The van der Waals surface area contributed by atoms with Gasteiger partial charge in [0.2, 0.25) is 10.0 Å². The molecule has 1 heterocycles. The monoisotopic (exact) mass is 386 g/mol. The van der Waals surface area contributed by atoms with Crippen LogP contribution in [0.3, 0.4) is 0 Å². The minimum absolute atomic E-state index is 0.0410. The van der Waals surface area contributed by atoms with Crippen molar-refractivity contribution in [3.05, 3.63) is 21.9 Å². The van der Waals surface area contributed by atoms with E-state index in [0.29, 0.717) is 4.47 Å². The molecule has 1 aromatic rings. The van der Waals surface area contributed by atoms with Gasteiger partial charge < -0.3 is 9.47 Å². The lowest BCUT2D eigenvalue weighted by atomic mass is 10.5. The summed E-state index contributed by atoms with van der Waals surface area (Å²) in [6.07, 6.45) is 1.44. The summed E-state index contributed by atoms with van der Waals surface area (Å²) in [6.45, 7) is 0.986. The van der Waals surface area contributed by atoms with Gasteiger partial charge in [-0.25, -0.2) is 13.4 Å². The number of methoxy groups -OCH3 is 2. The average molecular weight is 388 g/mol. The van der Waals surface area contributed by atoms with E-state index in [-0.39, 0.29) is 36.4 Å². The fourth-order valence-electron chi connectivity index (χ4n) is 1.46. The van der Waals surface area contributed by atoms with Crippen molar-refractivity contribution >= 4 is 37.6 Å². The van der Waals surface area contributed by atoms with Crippen molar-refractivity contribution in [2.75, 3.05) is 40.5 Å².